The van der Waals surface area contributed by atoms with Gasteiger partial charge in [0.1, 0.15) is 5.82 Å². The summed E-state index contributed by atoms with van der Waals surface area (Å²) in [5, 5.41) is 7.77. The number of rotatable bonds is 5. The van der Waals surface area contributed by atoms with Crippen LogP contribution in [0.2, 0.25) is 5.02 Å². The summed E-state index contributed by atoms with van der Waals surface area (Å²) in [6.07, 6.45) is 3.29. The molecule has 0 saturated heterocycles. The van der Waals surface area contributed by atoms with Gasteiger partial charge in [0.15, 0.2) is 5.65 Å². The first-order valence-corrected chi connectivity index (χ1v) is 9.63. The topological polar surface area (TPSA) is 59.3 Å². The van der Waals surface area contributed by atoms with Gasteiger partial charge in [0.05, 0.1) is 6.20 Å². The van der Waals surface area contributed by atoms with E-state index < -0.39 is 0 Å². The van der Waals surface area contributed by atoms with E-state index in [-0.39, 0.29) is 5.91 Å². The normalized spacial score (nSPS) is 10.9. The Morgan fingerprint density at radius 1 is 1.00 bits per heavy atom. The van der Waals surface area contributed by atoms with Crippen LogP contribution in [0.15, 0.2) is 78.0 Å². The van der Waals surface area contributed by atoms with E-state index in [1.165, 1.54) is 0 Å². The summed E-state index contributed by atoms with van der Waals surface area (Å²) < 4.78 is 1.59. The molecule has 1 N–H and O–H groups in total. The standard InChI is InChI=1S/C20H15ClN4OS/c21-16-5-7-17(8-6-16)27-13-14-1-3-15(4-2-14)20(26)24-19-9-11-22-18-10-12-23-25(18)19/h1-12H,13H2,(H,24,26). The molecule has 0 aliphatic heterocycles. The smallest absolute Gasteiger partial charge is 0.256 e. The number of carbonyl (C=O) groups is 1. The number of carbonyl (C=O) groups excluding carboxylic acids is 1. The van der Waals surface area contributed by atoms with Crippen LogP contribution in [0.4, 0.5) is 5.82 Å². The molecule has 0 radical (unpaired) electrons. The first kappa shape index (κ1) is 17.6. The van der Waals surface area contributed by atoms with Gasteiger partial charge in [0.25, 0.3) is 5.91 Å². The first-order chi connectivity index (χ1) is 13.2. The Morgan fingerprint density at radius 3 is 2.56 bits per heavy atom. The average Bonchev–Trinajstić information content (AvgIpc) is 3.18. The van der Waals surface area contributed by atoms with E-state index in [1.807, 2.05) is 48.5 Å². The van der Waals surface area contributed by atoms with Crippen molar-refractivity contribution in [3.63, 3.8) is 0 Å². The van der Waals surface area contributed by atoms with Crippen LogP contribution in [0.5, 0.6) is 0 Å². The Hall–Kier alpha value is -2.83. The number of amides is 1. The number of nitrogens with one attached hydrogen (secondary N) is 1. The number of benzene rings is 2. The quantitative estimate of drug-likeness (QED) is 0.488. The van der Waals surface area contributed by atoms with Crippen molar-refractivity contribution in [3.05, 3.63) is 89.2 Å². The zero-order valence-corrected chi connectivity index (χ0v) is 15.7. The van der Waals surface area contributed by atoms with Gasteiger partial charge in [-0.15, -0.1) is 11.8 Å². The third-order valence-electron chi connectivity index (χ3n) is 3.97. The van der Waals surface area contributed by atoms with Gasteiger partial charge in [-0.3, -0.25) is 4.79 Å². The van der Waals surface area contributed by atoms with Gasteiger partial charge in [-0.05, 0) is 48.0 Å². The number of hydrogen-bond donors (Lipinski definition) is 1. The van der Waals surface area contributed by atoms with Crippen molar-refractivity contribution >= 4 is 40.7 Å². The van der Waals surface area contributed by atoms with Crippen LogP contribution >= 0.6 is 23.4 Å². The summed E-state index contributed by atoms with van der Waals surface area (Å²) in [5.74, 6) is 1.22. The van der Waals surface area contributed by atoms with Gasteiger partial charge >= 0.3 is 0 Å². The van der Waals surface area contributed by atoms with Gasteiger partial charge in [-0.2, -0.15) is 9.61 Å². The molecule has 27 heavy (non-hydrogen) atoms. The minimum absolute atomic E-state index is 0.185. The Kier molecular flexibility index (Phi) is 5.09. The van der Waals surface area contributed by atoms with E-state index in [2.05, 4.69) is 15.4 Å². The van der Waals surface area contributed by atoms with Crippen molar-refractivity contribution < 1.29 is 4.79 Å². The van der Waals surface area contributed by atoms with Gasteiger partial charge < -0.3 is 5.32 Å². The van der Waals surface area contributed by atoms with E-state index in [9.17, 15) is 4.79 Å². The van der Waals surface area contributed by atoms with Crippen LogP contribution in [0, 0.1) is 0 Å². The fraction of sp³-hybridized carbons (Fsp3) is 0.0500. The highest BCUT2D eigenvalue weighted by Gasteiger charge is 2.09. The second kappa shape index (κ2) is 7.82. The molecule has 5 nitrogen and oxygen atoms in total. The van der Waals surface area contributed by atoms with E-state index >= 15 is 0 Å². The zero-order chi connectivity index (χ0) is 18.6. The molecule has 0 fully saturated rings. The third-order valence-corrected chi connectivity index (χ3v) is 5.30. The molecule has 7 heteroatoms. The van der Waals surface area contributed by atoms with Crippen LogP contribution in [-0.2, 0) is 5.75 Å². The van der Waals surface area contributed by atoms with E-state index in [0.717, 1.165) is 21.2 Å². The van der Waals surface area contributed by atoms with Crippen molar-refractivity contribution in [2.45, 2.75) is 10.6 Å². The summed E-state index contributed by atoms with van der Waals surface area (Å²) in [7, 11) is 0. The van der Waals surface area contributed by atoms with Crippen LogP contribution < -0.4 is 5.32 Å². The maximum Gasteiger partial charge on any atom is 0.256 e. The molecule has 0 unspecified atom stereocenters. The second-order valence-corrected chi connectivity index (χ2v) is 7.31. The summed E-state index contributed by atoms with van der Waals surface area (Å²) in [4.78, 5) is 17.8. The molecular formula is C20H15ClN4OS. The summed E-state index contributed by atoms with van der Waals surface area (Å²) >= 11 is 7.63. The molecule has 0 bridgehead atoms. The minimum Gasteiger partial charge on any atom is -0.306 e. The SMILES string of the molecule is O=C(Nc1ccnc2ccnn12)c1ccc(CSc2ccc(Cl)cc2)cc1. The maximum atomic E-state index is 12.5. The second-order valence-electron chi connectivity index (χ2n) is 5.82. The summed E-state index contributed by atoms with van der Waals surface area (Å²) in [6, 6.07) is 18.8. The molecule has 4 aromatic rings. The van der Waals surface area contributed by atoms with Crippen molar-refractivity contribution in [1.82, 2.24) is 14.6 Å². The molecule has 134 valence electrons. The van der Waals surface area contributed by atoms with E-state index in [4.69, 9.17) is 11.6 Å². The molecule has 1 amide bonds. The van der Waals surface area contributed by atoms with Crippen molar-refractivity contribution in [2.75, 3.05) is 5.32 Å². The molecule has 2 aromatic carbocycles. The Labute approximate surface area is 165 Å². The van der Waals surface area contributed by atoms with E-state index in [1.54, 1.807) is 40.8 Å². The fourth-order valence-corrected chi connectivity index (χ4v) is 3.55. The van der Waals surface area contributed by atoms with Crippen LogP contribution in [0.25, 0.3) is 5.65 Å². The Morgan fingerprint density at radius 2 is 1.78 bits per heavy atom. The van der Waals surface area contributed by atoms with Gasteiger partial charge in [0, 0.05) is 33.5 Å². The third kappa shape index (κ3) is 4.13. The predicted molar refractivity (Wildman–Crippen MR) is 108 cm³/mol. The number of anilines is 1. The van der Waals surface area contributed by atoms with Gasteiger partial charge in [-0.1, -0.05) is 23.7 Å². The molecule has 2 aromatic heterocycles. The molecule has 0 spiro atoms. The fourth-order valence-electron chi connectivity index (χ4n) is 2.57. The number of halogens is 1. The van der Waals surface area contributed by atoms with Gasteiger partial charge in [0.2, 0.25) is 0 Å². The number of hydrogen-bond acceptors (Lipinski definition) is 4. The molecular weight excluding hydrogens is 380 g/mol. The highest BCUT2D eigenvalue weighted by atomic mass is 35.5. The van der Waals surface area contributed by atoms with Gasteiger partial charge in [-0.25, -0.2) is 4.98 Å². The lowest BCUT2D eigenvalue weighted by molar-refractivity contribution is 0.102. The lowest BCUT2D eigenvalue weighted by Gasteiger charge is -2.08. The van der Waals surface area contributed by atoms with E-state index in [0.29, 0.717) is 17.0 Å². The number of fused-ring (bicyclic) bond motifs is 1. The lowest BCUT2D eigenvalue weighted by atomic mass is 10.1. The largest absolute Gasteiger partial charge is 0.306 e. The number of nitrogens with zero attached hydrogens (tertiary/aromatic N) is 3. The molecule has 0 atom stereocenters. The molecule has 2 heterocycles. The van der Waals surface area contributed by atoms with Crippen molar-refractivity contribution in [1.29, 1.82) is 0 Å². The number of thioether (sulfide) groups is 1. The van der Waals surface area contributed by atoms with Crippen LogP contribution in [-0.4, -0.2) is 20.5 Å². The van der Waals surface area contributed by atoms with Crippen LogP contribution in [0.1, 0.15) is 15.9 Å². The lowest BCUT2D eigenvalue weighted by Crippen LogP contribution is -2.15. The van der Waals surface area contributed by atoms with Crippen molar-refractivity contribution in [3.8, 4) is 0 Å². The minimum atomic E-state index is -0.185. The highest BCUT2D eigenvalue weighted by molar-refractivity contribution is 7.98. The maximum absolute atomic E-state index is 12.5. The average molecular weight is 395 g/mol. The summed E-state index contributed by atoms with van der Waals surface area (Å²) in [5.41, 5.74) is 2.42. The molecule has 0 aliphatic carbocycles. The molecule has 0 saturated carbocycles. The van der Waals surface area contributed by atoms with Crippen LogP contribution in [0.3, 0.4) is 0 Å². The van der Waals surface area contributed by atoms with Crippen molar-refractivity contribution in [2.24, 2.45) is 0 Å². The Bertz CT molecular complexity index is 1080. The Balaban J connectivity index is 1.41. The summed E-state index contributed by atoms with van der Waals surface area (Å²) in [6.45, 7) is 0. The predicted octanol–water partition coefficient (Wildman–Crippen LogP) is 4.93. The monoisotopic (exact) mass is 394 g/mol. The first-order valence-electron chi connectivity index (χ1n) is 8.26. The molecule has 4 rings (SSSR count). The number of aromatic nitrogens is 3. The zero-order valence-electron chi connectivity index (χ0n) is 14.2. The highest BCUT2D eigenvalue weighted by Crippen LogP contribution is 2.24. The molecule has 0 aliphatic rings.